The quantitative estimate of drug-likeness (QED) is 0.781. The van der Waals surface area contributed by atoms with E-state index in [1.54, 1.807) is 0 Å². The Morgan fingerprint density at radius 1 is 1.64 bits per heavy atom. The lowest BCUT2D eigenvalue weighted by Crippen LogP contribution is -2.03. The maximum absolute atomic E-state index is 10.9. The third-order valence-corrected chi connectivity index (χ3v) is 2.22. The van der Waals surface area contributed by atoms with E-state index in [-0.39, 0.29) is 18.0 Å². The summed E-state index contributed by atoms with van der Waals surface area (Å²) in [5.74, 6) is 1.23. The van der Waals surface area contributed by atoms with E-state index in [0.29, 0.717) is 11.6 Å². The Morgan fingerprint density at radius 3 is 2.93 bits per heavy atom. The SMILES string of the molecule is CC(=O)Cc1nc(C2CC2)ncc1O. The number of ketones is 1. The number of rotatable bonds is 3. The molecule has 0 amide bonds. The van der Waals surface area contributed by atoms with E-state index >= 15 is 0 Å². The van der Waals surface area contributed by atoms with Gasteiger partial charge < -0.3 is 5.11 Å². The number of hydrogen-bond acceptors (Lipinski definition) is 4. The van der Waals surface area contributed by atoms with E-state index in [2.05, 4.69) is 9.97 Å². The van der Waals surface area contributed by atoms with Crippen LogP contribution in [0.3, 0.4) is 0 Å². The molecule has 1 aromatic rings. The molecule has 1 aromatic heterocycles. The Kier molecular flexibility index (Phi) is 2.19. The van der Waals surface area contributed by atoms with Gasteiger partial charge in [0.05, 0.1) is 18.3 Å². The number of Topliss-reactive ketones (excluding diaryl/α,β-unsaturated/α-hetero) is 1. The first kappa shape index (κ1) is 9.12. The summed E-state index contributed by atoms with van der Waals surface area (Å²) in [6.45, 7) is 1.48. The summed E-state index contributed by atoms with van der Waals surface area (Å²) in [7, 11) is 0. The minimum atomic E-state index is 0.000692. The molecule has 1 fully saturated rings. The van der Waals surface area contributed by atoms with Crippen molar-refractivity contribution in [2.45, 2.75) is 32.1 Å². The average molecular weight is 192 g/mol. The molecule has 1 heterocycles. The van der Waals surface area contributed by atoms with E-state index in [1.165, 1.54) is 13.1 Å². The molecule has 0 unspecified atom stereocenters. The molecule has 1 N–H and O–H groups in total. The lowest BCUT2D eigenvalue weighted by atomic mass is 10.2. The smallest absolute Gasteiger partial charge is 0.155 e. The molecule has 1 aliphatic rings. The highest BCUT2D eigenvalue weighted by Gasteiger charge is 2.27. The third kappa shape index (κ3) is 1.89. The number of aromatic nitrogens is 2. The van der Waals surface area contributed by atoms with Gasteiger partial charge in [-0.25, -0.2) is 9.97 Å². The van der Waals surface area contributed by atoms with Crippen LogP contribution in [0.5, 0.6) is 5.75 Å². The molecule has 4 heteroatoms. The molecule has 0 atom stereocenters. The fourth-order valence-corrected chi connectivity index (χ4v) is 1.33. The molecule has 0 radical (unpaired) electrons. The Hall–Kier alpha value is -1.45. The van der Waals surface area contributed by atoms with Crippen LogP contribution in [-0.2, 0) is 11.2 Å². The van der Waals surface area contributed by atoms with Gasteiger partial charge in [0.25, 0.3) is 0 Å². The molecular weight excluding hydrogens is 180 g/mol. The van der Waals surface area contributed by atoms with E-state index < -0.39 is 0 Å². The van der Waals surface area contributed by atoms with Crippen molar-refractivity contribution in [3.05, 3.63) is 17.7 Å². The van der Waals surface area contributed by atoms with Crippen LogP contribution in [0.15, 0.2) is 6.20 Å². The number of hydrogen-bond donors (Lipinski definition) is 1. The average Bonchev–Trinajstić information content (AvgIpc) is 2.91. The highest BCUT2D eigenvalue weighted by molar-refractivity contribution is 5.78. The fraction of sp³-hybridized carbons (Fsp3) is 0.500. The zero-order valence-corrected chi connectivity index (χ0v) is 8.03. The Morgan fingerprint density at radius 2 is 2.36 bits per heavy atom. The van der Waals surface area contributed by atoms with Crippen LogP contribution in [0.25, 0.3) is 0 Å². The second-order valence-electron chi connectivity index (χ2n) is 3.71. The third-order valence-electron chi connectivity index (χ3n) is 2.22. The first-order valence-corrected chi connectivity index (χ1v) is 4.71. The standard InChI is InChI=1S/C10H12N2O2/c1-6(13)4-8-9(14)5-11-10(12-8)7-2-3-7/h5,7,14H,2-4H2,1H3. The highest BCUT2D eigenvalue weighted by Crippen LogP contribution is 2.38. The predicted molar refractivity (Wildman–Crippen MR) is 50.1 cm³/mol. The monoisotopic (exact) mass is 192 g/mol. The van der Waals surface area contributed by atoms with Gasteiger partial charge in [0.1, 0.15) is 11.6 Å². The zero-order valence-electron chi connectivity index (χ0n) is 8.03. The van der Waals surface area contributed by atoms with Crippen molar-refractivity contribution in [2.24, 2.45) is 0 Å². The predicted octanol–water partition coefficient (Wildman–Crippen LogP) is 1.19. The van der Waals surface area contributed by atoms with Gasteiger partial charge in [-0.15, -0.1) is 0 Å². The molecule has 0 saturated heterocycles. The van der Waals surface area contributed by atoms with Gasteiger partial charge in [0.2, 0.25) is 0 Å². The lowest BCUT2D eigenvalue weighted by molar-refractivity contribution is -0.116. The van der Waals surface area contributed by atoms with Crippen molar-refractivity contribution in [3.63, 3.8) is 0 Å². The summed E-state index contributed by atoms with van der Waals surface area (Å²) >= 11 is 0. The van der Waals surface area contributed by atoms with Crippen LogP contribution in [0.1, 0.15) is 37.2 Å². The van der Waals surface area contributed by atoms with Crippen molar-refractivity contribution < 1.29 is 9.90 Å². The Labute approximate surface area is 82.0 Å². The van der Waals surface area contributed by atoms with Gasteiger partial charge in [0, 0.05) is 5.92 Å². The molecule has 74 valence electrons. The fourth-order valence-electron chi connectivity index (χ4n) is 1.33. The molecule has 14 heavy (non-hydrogen) atoms. The molecule has 4 nitrogen and oxygen atoms in total. The second kappa shape index (κ2) is 3.36. The summed E-state index contributed by atoms with van der Waals surface area (Å²) in [5.41, 5.74) is 0.453. The normalized spacial score (nSPS) is 15.5. The van der Waals surface area contributed by atoms with Crippen molar-refractivity contribution in [3.8, 4) is 5.75 Å². The van der Waals surface area contributed by atoms with Gasteiger partial charge >= 0.3 is 0 Å². The van der Waals surface area contributed by atoms with E-state index in [9.17, 15) is 9.90 Å². The molecule has 0 aliphatic heterocycles. The van der Waals surface area contributed by atoms with Crippen molar-refractivity contribution in [1.82, 2.24) is 9.97 Å². The molecule has 2 rings (SSSR count). The van der Waals surface area contributed by atoms with Gasteiger partial charge in [-0.3, -0.25) is 4.79 Å². The Bertz CT molecular complexity index is 372. The molecule has 0 spiro atoms. The van der Waals surface area contributed by atoms with Crippen molar-refractivity contribution in [2.75, 3.05) is 0 Å². The molecule has 1 aliphatic carbocycles. The van der Waals surface area contributed by atoms with Gasteiger partial charge in [-0.05, 0) is 19.8 Å². The molecule has 0 bridgehead atoms. The highest BCUT2D eigenvalue weighted by atomic mass is 16.3. The summed E-state index contributed by atoms with van der Waals surface area (Å²) in [4.78, 5) is 19.1. The van der Waals surface area contributed by atoms with Gasteiger partial charge in [-0.1, -0.05) is 0 Å². The van der Waals surface area contributed by atoms with E-state index in [0.717, 1.165) is 18.7 Å². The second-order valence-corrected chi connectivity index (χ2v) is 3.71. The maximum Gasteiger partial charge on any atom is 0.155 e. The van der Waals surface area contributed by atoms with E-state index in [4.69, 9.17) is 0 Å². The van der Waals surface area contributed by atoms with Gasteiger partial charge in [-0.2, -0.15) is 0 Å². The lowest BCUT2D eigenvalue weighted by Gasteiger charge is -2.03. The minimum Gasteiger partial charge on any atom is -0.504 e. The maximum atomic E-state index is 10.9. The zero-order chi connectivity index (χ0) is 10.1. The first-order valence-electron chi connectivity index (χ1n) is 4.71. The minimum absolute atomic E-state index is 0.000692. The topological polar surface area (TPSA) is 63.1 Å². The number of carbonyl (C=O) groups is 1. The summed E-state index contributed by atoms with van der Waals surface area (Å²) in [6, 6.07) is 0. The largest absolute Gasteiger partial charge is 0.504 e. The number of aromatic hydroxyl groups is 1. The Balaban J connectivity index is 2.26. The van der Waals surface area contributed by atoms with Crippen LogP contribution >= 0.6 is 0 Å². The molecule has 1 saturated carbocycles. The van der Waals surface area contributed by atoms with Crippen LogP contribution in [0.4, 0.5) is 0 Å². The summed E-state index contributed by atoms with van der Waals surface area (Å²) in [6.07, 6.45) is 3.81. The first-order chi connectivity index (χ1) is 6.66. The summed E-state index contributed by atoms with van der Waals surface area (Å²) in [5, 5.41) is 9.41. The van der Waals surface area contributed by atoms with Crippen LogP contribution in [-0.4, -0.2) is 20.9 Å². The van der Waals surface area contributed by atoms with Crippen molar-refractivity contribution >= 4 is 5.78 Å². The van der Waals surface area contributed by atoms with Crippen molar-refractivity contribution in [1.29, 1.82) is 0 Å². The number of carbonyl (C=O) groups excluding carboxylic acids is 1. The van der Waals surface area contributed by atoms with Crippen LogP contribution in [0.2, 0.25) is 0 Å². The molecular formula is C10H12N2O2. The van der Waals surface area contributed by atoms with Crippen LogP contribution < -0.4 is 0 Å². The number of nitrogens with zero attached hydrogens (tertiary/aromatic N) is 2. The van der Waals surface area contributed by atoms with Gasteiger partial charge in [0.15, 0.2) is 5.75 Å². The summed E-state index contributed by atoms with van der Waals surface area (Å²) < 4.78 is 0. The molecule has 0 aromatic carbocycles. The van der Waals surface area contributed by atoms with E-state index in [1.807, 2.05) is 0 Å². The van der Waals surface area contributed by atoms with Crippen LogP contribution in [0, 0.1) is 0 Å².